The zero-order valence-electron chi connectivity index (χ0n) is 23.0. The van der Waals surface area contributed by atoms with Crippen molar-refractivity contribution in [2.24, 2.45) is 0 Å². The molecule has 1 saturated heterocycles. The molecule has 15 heteroatoms. The van der Waals surface area contributed by atoms with Gasteiger partial charge in [0.05, 0.1) is 11.2 Å². The largest absolute Gasteiger partial charge is 0.339 e. The van der Waals surface area contributed by atoms with Crippen LogP contribution in [0.4, 0.5) is 5.69 Å². The van der Waals surface area contributed by atoms with Crippen molar-refractivity contribution in [1.29, 1.82) is 0 Å². The van der Waals surface area contributed by atoms with E-state index in [1.807, 2.05) is 39.8 Å². The van der Waals surface area contributed by atoms with Crippen molar-refractivity contribution in [1.82, 2.24) is 15.1 Å². The highest BCUT2D eigenvalue weighted by Gasteiger charge is 2.46. The number of hydrogen-bond donors (Lipinski definition) is 3. The Hall–Kier alpha value is -2.56. The number of aryl methyl sites for hydroxylation is 1. The van der Waals surface area contributed by atoms with E-state index in [9.17, 15) is 26.4 Å². The van der Waals surface area contributed by atoms with Crippen LogP contribution in [0.25, 0.3) is 0 Å². The Morgan fingerprint density at radius 1 is 1.07 bits per heavy atom. The average Bonchev–Trinajstić information content (AvgIpc) is 2.80. The molecule has 0 aliphatic carbocycles. The Morgan fingerprint density at radius 3 is 2.10 bits per heavy atom. The van der Waals surface area contributed by atoms with E-state index in [1.54, 1.807) is 12.1 Å². The molecule has 220 valence electrons. The number of nitrogens with zero attached hydrogens (tertiary/aromatic N) is 2. The first-order valence-electron chi connectivity index (χ1n) is 11.9. The Kier molecular flexibility index (Phi) is 11.3. The molecule has 3 rings (SSSR count). The molecule has 11 nitrogen and oxygen atoms in total. The topological polar surface area (TPSA) is 153 Å². The van der Waals surface area contributed by atoms with Crippen LogP contribution in [-0.4, -0.2) is 91.6 Å². The average molecular weight is 631 g/mol. The Balaban J connectivity index is 0.000000425. The number of anilines is 1. The smallest absolute Gasteiger partial charge is 0.294 e. The van der Waals surface area contributed by atoms with E-state index in [2.05, 4.69) is 10.0 Å². The van der Waals surface area contributed by atoms with Crippen LogP contribution in [0.15, 0.2) is 53.4 Å². The summed E-state index contributed by atoms with van der Waals surface area (Å²) < 4.78 is 54.4. The molecule has 2 amide bonds. The normalized spacial score (nSPS) is 17.2. The van der Waals surface area contributed by atoms with Gasteiger partial charge in [-0.25, -0.2) is 8.42 Å². The summed E-state index contributed by atoms with van der Waals surface area (Å²) in [6.07, 6.45) is 1.05. The monoisotopic (exact) mass is 630 g/mol. The first-order valence-corrected chi connectivity index (χ1v) is 16.5. The van der Waals surface area contributed by atoms with Gasteiger partial charge in [-0.05, 0) is 71.3 Å². The highest BCUT2D eigenvalue weighted by Crippen LogP contribution is 2.36. The highest BCUT2D eigenvalue weighted by molar-refractivity contribution is 8.24. The third-order valence-electron chi connectivity index (χ3n) is 5.59. The highest BCUT2D eigenvalue weighted by atomic mass is 32.2. The number of thiocarbonyl (C=S) groups is 1. The number of sulfonamides is 1. The summed E-state index contributed by atoms with van der Waals surface area (Å²) in [5, 5.41) is 2.82. The Bertz CT molecular complexity index is 1440. The van der Waals surface area contributed by atoms with Gasteiger partial charge in [0.25, 0.3) is 21.9 Å². The molecule has 0 spiro atoms. The third-order valence-corrected chi connectivity index (χ3v) is 8.70. The second-order valence-electron chi connectivity index (χ2n) is 9.91. The summed E-state index contributed by atoms with van der Waals surface area (Å²) in [6.45, 7) is 6.69. The summed E-state index contributed by atoms with van der Waals surface area (Å²) >= 11 is 6.79. The number of likely N-dealkylation sites (N-methyl/N-ethyl adjacent to an activating group) is 1. The predicted molar refractivity (Wildman–Crippen MR) is 162 cm³/mol. The Labute approximate surface area is 245 Å². The van der Waals surface area contributed by atoms with E-state index in [1.165, 1.54) is 53.1 Å². The van der Waals surface area contributed by atoms with Crippen molar-refractivity contribution in [2.45, 2.75) is 36.5 Å². The molecule has 3 N–H and O–H groups in total. The molecule has 1 aliphatic heterocycles. The van der Waals surface area contributed by atoms with Crippen LogP contribution in [0.5, 0.6) is 0 Å². The van der Waals surface area contributed by atoms with Gasteiger partial charge in [0.2, 0.25) is 10.0 Å². The maximum atomic E-state index is 13.1. The summed E-state index contributed by atoms with van der Waals surface area (Å²) in [7, 11) is -3.59. The standard InChI is InChI=1S/C18H26N4O4S3.C7H8O3S/c1-18(2)14(16(24)22(17(27)28-18)11-10-21(3)4)19-15(23)12-6-8-13(9-7-12)20-29(5,25)26;1-6-2-4-7(5-3-6)11(8,9)10/h6-9,14,20H,10-11H2,1-5H3,(H,19,23);2-5H,1H3,(H,8,9,10). The van der Waals surface area contributed by atoms with Crippen LogP contribution in [0.1, 0.15) is 29.8 Å². The van der Waals surface area contributed by atoms with E-state index >= 15 is 0 Å². The van der Waals surface area contributed by atoms with Crippen LogP contribution >= 0.6 is 24.0 Å². The second kappa shape index (κ2) is 13.4. The molecule has 2 aromatic rings. The summed E-state index contributed by atoms with van der Waals surface area (Å²) in [5.41, 5.74) is 1.64. The zero-order chi connectivity index (χ0) is 30.5. The Morgan fingerprint density at radius 2 is 1.62 bits per heavy atom. The van der Waals surface area contributed by atoms with Crippen LogP contribution in [0.2, 0.25) is 0 Å². The van der Waals surface area contributed by atoms with Crippen LogP contribution in [0.3, 0.4) is 0 Å². The van der Waals surface area contributed by atoms with Gasteiger partial charge in [-0.15, -0.1) is 0 Å². The molecule has 0 saturated carbocycles. The number of carbonyl (C=O) groups excluding carboxylic acids is 2. The summed E-state index contributed by atoms with van der Waals surface area (Å²) in [5.74, 6) is -0.646. The fourth-order valence-electron chi connectivity index (χ4n) is 3.45. The minimum absolute atomic E-state index is 0.0666. The molecule has 1 heterocycles. The number of thioether (sulfide) groups is 1. The predicted octanol–water partition coefficient (Wildman–Crippen LogP) is 2.60. The minimum Gasteiger partial charge on any atom is -0.339 e. The molecule has 0 aromatic heterocycles. The molecular formula is C25H34N4O7S4. The lowest BCUT2D eigenvalue weighted by molar-refractivity contribution is -0.130. The van der Waals surface area contributed by atoms with E-state index in [4.69, 9.17) is 16.8 Å². The molecule has 1 fully saturated rings. The van der Waals surface area contributed by atoms with Crippen molar-refractivity contribution >= 4 is 65.9 Å². The number of carbonyl (C=O) groups is 2. The van der Waals surface area contributed by atoms with E-state index in [0.717, 1.165) is 11.8 Å². The lowest BCUT2D eigenvalue weighted by atomic mass is 10.0. The van der Waals surface area contributed by atoms with Gasteiger partial charge in [0.15, 0.2) is 0 Å². The number of benzene rings is 2. The number of hydrogen-bond acceptors (Lipinski definition) is 9. The van der Waals surface area contributed by atoms with Crippen molar-refractivity contribution in [3.8, 4) is 0 Å². The maximum Gasteiger partial charge on any atom is 0.294 e. The van der Waals surface area contributed by atoms with E-state index < -0.39 is 36.8 Å². The van der Waals surface area contributed by atoms with Gasteiger partial charge < -0.3 is 10.2 Å². The quantitative estimate of drug-likeness (QED) is 0.293. The van der Waals surface area contributed by atoms with Gasteiger partial charge in [-0.3, -0.25) is 23.8 Å². The molecule has 0 radical (unpaired) electrons. The fourth-order valence-corrected chi connectivity index (χ4v) is 6.34. The second-order valence-corrected chi connectivity index (χ2v) is 15.4. The summed E-state index contributed by atoms with van der Waals surface area (Å²) in [4.78, 5) is 29.2. The third kappa shape index (κ3) is 10.1. The molecule has 1 atom stereocenters. The van der Waals surface area contributed by atoms with Gasteiger partial charge in [0, 0.05) is 29.1 Å². The maximum absolute atomic E-state index is 13.1. The van der Waals surface area contributed by atoms with Crippen molar-refractivity contribution in [2.75, 3.05) is 38.2 Å². The van der Waals surface area contributed by atoms with Crippen molar-refractivity contribution < 1.29 is 31.0 Å². The van der Waals surface area contributed by atoms with Crippen molar-refractivity contribution in [3.63, 3.8) is 0 Å². The SMILES string of the molecule is CN(C)CCN1C(=O)C(NC(=O)c2ccc(NS(C)(=O)=O)cc2)C(C)(C)SC1=S.Cc1ccc(S(=O)(=O)O)cc1. The molecule has 0 bridgehead atoms. The lowest BCUT2D eigenvalue weighted by Crippen LogP contribution is -2.62. The number of nitrogens with one attached hydrogen (secondary N) is 2. The van der Waals surface area contributed by atoms with Crippen molar-refractivity contribution in [3.05, 3.63) is 59.7 Å². The van der Waals surface area contributed by atoms with E-state index in [-0.39, 0.29) is 10.8 Å². The van der Waals surface area contributed by atoms with Gasteiger partial charge in [0.1, 0.15) is 10.4 Å². The zero-order valence-corrected chi connectivity index (χ0v) is 26.3. The van der Waals surface area contributed by atoms with E-state index in [0.29, 0.717) is 28.7 Å². The van der Waals surface area contributed by atoms with Crippen LogP contribution in [0, 0.1) is 6.92 Å². The molecule has 1 unspecified atom stereocenters. The molecule has 40 heavy (non-hydrogen) atoms. The number of rotatable bonds is 8. The summed E-state index contributed by atoms with van der Waals surface area (Å²) in [6, 6.07) is 11.2. The van der Waals surface area contributed by atoms with Gasteiger partial charge in [-0.2, -0.15) is 8.42 Å². The van der Waals surface area contributed by atoms with Crippen LogP contribution in [-0.2, 0) is 24.9 Å². The molecule has 1 aliphatic rings. The lowest BCUT2D eigenvalue weighted by Gasteiger charge is -2.42. The first kappa shape index (κ1) is 33.6. The minimum atomic E-state index is -4.02. The van der Waals surface area contributed by atoms with Crippen LogP contribution < -0.4 is 10.0 Å². The molecule has 2 aromatic carbocycles. The van der Waals surface area contributed by atoms with Gasteiger partial charge >= 0.3 is 0 Å². The van der Waals surface area contributed by atoms with Gasteiger partial charge in [-0.1, -0.05) is 41.7 Å². The fraction of sp³-hybridized carbons (Fsp3) is 0.400. The first-order chi connectivity index (χ1) is 18.3. The number of amides is 2. The molecular weight excluding hydrogens is 597 g/mol.